The van der Waals surface area contributed by atoms with E-state index in [4.69, 9.17) is 9.47 Å². The van der Waals surface area contributed by atoms with Crippen LogP contribution >= 0.6 is 0 Å². The van der Waals surface area contributed by atoms with Crippen molar-refractivity contribution in [1.82, 2.24) is 0 Å². The van der Waals surface area contributed by atoms with E-state index in [0.717, 1.165) is 6.42 Å². The van der Waals surface area contributed by atoms with Crippen molar-refractivity contribution in [2.45, 2.75) is 26.7 Å². The van der Waals surface area contributed by atoms with E-state index in [0.29, 0.717) is 35.0 Å². The van der Waals surface area contributed by atoms with Gasteiger partial charge in [-0.15, -0.1) is 0 Å². The summed E-state index contributed by atoms with van der Waals surface area (Å²) in [6.07, 6.45) is 1.01. The molecule has 0 atom stereocenters. The monoisotopic (exact) mass is 398 g/mol. The van der Waals surface area contributed by atoms with E-state index in [1.807, 2.05) is 19.9 Å². The van der Waals surface area contributed by atoms with Crippen LogP contribution in [0.4, 0.5) is 11.4 Å². The SMILES string of the molecule is COc1ccccc1NC(=O)c1ccc(NC(=O)COC(=O)CCC(C)C)cc1. The van der Waals surface area contributed by atoms with E-state index >= 15 is 0 Å². The number of hydrogen-bond donors (Lipinski definition) is 2. The topological polar surface area (TPSA) is 93.7 Å². The highest BCUT2D eigenvalue weighted by molar-refractivity contribution is 6.05. The van der Waals surface area contributed by atoms with Crippen molar-refractivity contribution in [2.24, 2.45) is 5.92 Å². The number of carbonyl (C=O) groups excluding carboxylic acids is 3. The number of rotatable bonds is 9. The lowest BCUT2D eigenvalue weighted by molar-refractivity contribution is -0.147. The molecule has 0 aliphatic carbocycles. The summed E-state index contributed by atoms with van der Waals surface area (Å²) in [6.45, 7) is 3.69. The van der Waals surface area contributed by atoms with Gasteiger partial charge in [0.25, 0.3) is 11.8 Å². The molecule has 0 bridgehead atoms. The minimum absolute atomic E-state index is 0.293. The van der Waals surface area contributed by atoms with Gasteiger partial charge in [0.1, 0.15) is 5.75 Å². The van der Waals surface area contributed by atoms with Crippen LogP contribution in [0.3, 0.4) is 0 Å². The molecule has 2 aromatic carbocycles. The van der Waals surface area contributed by atoms with Crippen molar-refractivity contribution >= 4 is 29.2 Å². The Morgan fingerprint density at radius 3 is 2.31 bits per heavy atom. The van der Waals surface area contributed by atoms with Crippen molar-refractivity contribution in [2.75, 3.05) is 24.4 Å². The van der Waals surface area contributed by atoms with Gasteiger partial charge in [-0.25, -0.2) is 0 Å². The Balaban J connectivity index is 1.85. The van der Waals surface area contributed by atoms with Crippen LogP contribution in [0.25, 0.3) is 0 Å². The number of para-hydroxylation sites is 2. The van der Waals surface area contributed by atoms with Crippen LogP contribution in [0.5, 0.6) is 5.75 Å². The van der Waals surface area contributed by atoms with Gasteiger partial charge in [-0.2, -0.15) is 0 Å². The molecule has 0 unspecified atom stereocenters. The van der Waals surface area contributed by atoms with Crippen molar-refractivity contribution in [3.05, 3.63) is 54.1 Å². The van der Waals surface area contributed by atoms with Crippen molar-refractivity contribution in [3.63, 3.8) is 0 Å². The van der Waals surface area contributed by atoms with Gasteiger partial charge < -0.3 is 20.1 Å². The van der Waals surface area contributed by atoms with Crippen molar-refractivity contribution in [1.29, 1.82) is 0 Å². The zero-order valence-corrected chi connectivity index (χ0v) is 16.9. The fourth-order valence-corrected chi connectivity index (χ4v) is 2.47. The predicted molar refractivity (Wildman–Crippen MR) is 111 cm³/mol. The Labute approximate surface area is 170 Å². The predicted octanol–water partition coefficient (Wildman–Crippen LogP) is 3.87. The normalized spacial score (nSPS) is 10.3. The van der Waals surface area contributed by atoms with Crippen LogP contribution in [-0.4, -0.2) is 31.5 Å². The fourth-order valence-electron chi connectivity index (χ4n) is 2.47. The van der Waals surface area contributed by atoms with Crippen LogP contribution in [-0.2, 0) is 14.3 Å². The third-order valence-corrected chi connectivity index (χ3v) is 4.08. The maximum atomic E-state index is 12.4. The lowest BCUT2D eigenvalue weighted by Crippen LogP contribution is -2.21. The fraction of sp³-hybridized carbons (Fsp3) is 0.318. The van der Waals surface area contributed by atoms with Gasteiger partial charge >= 0.3 is 5.97 Å². The van der Waals surface area contributed by atoms with Crippen LogP contribution in [0.15, 0.2) is 48.5 Å². The van der Waals surface area contributed by atoms with Gasteiger partial charge in [-0.05, 0) is 48.7 Å². The average Bonchev–Trinajstić information content (AvgIpc) is 2.71. The number of nitrogens with one attached hydrogen (secondary N) is 2. The van der Waals surface area contributed by atoms with Gasteiger partial charge in [-0.1, -0.05) is 26.0 Å². The number of amides is 2. The maximum Gasteiger partial charge on any atom is 0.306 e. The molecule has 0 radical (unpaired) electrons. The molecule has 0 heterocycles. The maximum absolute atomic E-state index is 12.4. The first-order valence-corrected chi connectivity index (χ1v) is 9.39. The summed E-state index contributed by atoms with van der Waals surface area (Å²) in [4.78, 5) is 35.9. The largest absolute Gasteiger partial charge is 0.495 e. The van der Waals surface area contributed by atoms with E-state index in [1.165, 1.54) is 7.11 Å². The molecule has 2 amide bonds. The van der Waals surface area contributed by atoms with Gasteiger partial charge in [-0.3, -0.25) is 14.4 Å². The minimum Gasteiger partial charge on any atom is -0.495 e. The molecule has 0 aliphatic rings. The first-order chi connectivity index (χ1) is 13.9. The molecule has 154 valence electrons. The molecule has 7 nitrogen and oxygen atoms in total. The average molecular weight is 398 g/mol. The summed E-state index contributed by atoms with van der Waals surface area (Å²) < 4.78 is 10.2. The molecule has 2 N–H and O–H groups in total. The Kier molecular flexibility index (Phi) is 8.21. The van der Waals surface area contributed by atoms with E-state index in [1.54, 1.807) is 42.5 Å². The summed E-state index contributed by atoms with van der Waals surface area (Å²) >= 11 is 0. The molecule has 0 saturated heterocycles. The smallest absolute Gasteiger partial charge is 0.306 e. The number of ether oxygens (including phenoxy) is 2. The first kappa shape index (κ1) is 21.9. The lowest BCUT2D eigenvalue weighted by Gasteiger charge is -2.10. The van der Waals surface area contributed by atoms with Crippen LogP contribution in [0, 0.1) is 5.92 Å². The van der Waals surface area contributed by atoms with E-state index in [2.05, 4.69) is 10.6 Å². The number of hydrogen-bond acceptors (Lipinski definition) is 5. The second kappa shape index (κ2) is 10.8. The highest BCUT2D eigenvalue weighted by Crippen LogP contribution is 2.23. The number of esters is 1. The second-order valence-corrected chi connectivity index (χ2v) is 6.87. The minimum atomic E-state index is -0.436. The molecular weight excluding hydrogens is 372 g/mol. The van der Waals surface area contributed by atoms with Gasteiger partial charge in [0, 0.05) is 17.7 Å². The second-order valence-electron chi connectivity index (χ2n) is 6.87. The molecule has 7 heteroatoms. The number of carbonyl (C=O) groups is 3. The Bertz CT molecular complexity index is 847. The molecule has 29 heavy (non-hydrogen) atoms. The summed E-state index contributed by atoms with van der Waals surface area (Å²) in [6, 6.07) is 13.5. The third kappa shape index (κ3) is 7.29. The molecule has 0 spiro atoms. The van der Waals surface area contributed by atoms with Gasteiger partial charge in [0.05, 0.1) is 12.8 Å². The van der Waals surface area contributed by atoms with E-state index < -0.39 is 11.9 Å². The quantitative estimate of drug-likeness (QED) is 0.626. The van der Waals surface area contributed by atoms with Gasteiger partial charge in [0.2, 0.25) is 0 Å². The van der Waals surface area contributed by atoms with Crippen LogP contribution < -0.4 is 15.4 Å². The van der Waals surface area contributed by atoms with E-state index in [9.17, 15) is 14.4 Å². The Morgan fingerprint density at radius 2 is 1.66 bits per heavy atom. The Morgan fingerprint density at radius 1 is 0.966 bits per heavy atom. The standard InChI is InChI=1S/C22H26N2O5/c1-15(2)8-13-21(26)29-14-20(25)23-17-11-9-16(10-12-17)22(27)24-18-6-4-5-7-19(18)28-3/h4-7,9-12,15H,8,13-14H2,1-3H3,(H,23,25)(H,24,27). The first-order valence-electron chi connectivity index (χ1n) is 9.39. The number of benzene rings is 2. The van der Waals surface area contributed by atoms with E-state index in [-0.39, 0.29) is 12.5 Å². The molecule has 0 saturated carbocycles. The number of anilines is 2. The Hall–Kier alpha value is -3.35. The number of methoxy groups -OCH3 is 1. The molecule has 0 aliphatic heterocycles. The summed E-state index contributed by atoms with van der Waals surface area (Å²) in [7, 11) is 1.53. The highest BCUT2D eigenvalue weighted by Gasteiger charge is 2.11. The molecule has 0 fully saturated rings. The van der Waals surface area contributed by atoms with Crippen molar-refractivity contribution < 1.29 is 23.9 Å². The lowest BCUT2D eigenvalue weighted by atomic mass is 10.1. The summed E-state index contributed by atoms with van der Waals surface area (Å²) in [5.74, 6) is -0.166. The zero-order valence-electron chi connectivity index (χ0n) is 16.9. The molecule has 0 aromatic heterocycles. The summed E-state index contributed by atoms with van der Waals surface area (Å²) in [5, 5.41) is 5.41. The summed E-state index contributed by atoms with van der Waals surface area (Å²) in [5.41, 5.74) is 1.49. The van der Waals surface area contributed by atoms with Crippen molar-refractivity contribution in [3.8, 4) is 5.75 Å². The third-order valence-electron chi connectivity index (χ3n) is 4.08. The van der Waals surface area contributed by atoms with Crippen LogP contribution in [0.1, 0.15) is 37.0 Å². The molecule has 2 rings (SSSR count). The highest BCUT2D eigenvalue weighted by atomic mass is 16.5. The van der Waals surface area contributed by atoms with Crippen LogP contribution in [0.2, 0.25) is 0 Å². The van der Waals surface area contributed by atoms with Gasteiger partial charge in [0.15, 0.2) is 6.61 Å². The molecular formula is C22H26N2O5. The molecule has 2 aromatic rings. The zero-order chi connectivity index (χ0) is 21.2.